The Hall–Kier alpha value is -2.54. The van der Waals surface area contributed by atoms with E-state index in [9.17, 15) is 4.79 Å². The number of ether oxygens (including phenoxy) is 1. The van der Waals surface area contributed by atoms with E-state index in [4.69, 9.17) is 38.1 Å². The van der Waals surface area contributed by atoms with Crippen molar-refractivity contribution in [1.29, 1.82) is 0 Å². The number of halogens is 2. The summed E-state index contributed by atoms with van der Waals surface area (Å²) in [7, 11) is 0. The quantitative estimate of drug-likeness (QED) is 0.519. The lowest BCUT2D eigenvalue weighted by atomic mass is 10.1. The molecule has 0 spiro atoms. The Morgan fingerprint density at radius 3 is 2.39 bits per heavy atom. The van der Waals surface area contributed by atoms with E-state index >= 15 is 0 Å². The second kappa shape index (κ2) is 9.73. The minimum Gasteiger partial charge on any atom is -0.492 e. The van der Waals surface area contributed by atoms with Crippen LogP contribution in [0, 0.1) is 0 Å². The lowest BCUT2D eigenvalue weighted by molar-refractivity contribution is 0.0996. The minimum atomic E-state index is -0.699. The van der Waals surface area contributed by atoms with Gasteiger partial charge in [-0.3, -0.25) is 9.69 Å². The molecule has 3 aromatic rings. The maximum atomic E-state index is 12.0. The maximum absolute atomic E-state index is 12.0. The van der Waals surface area contributed by atoms with E-state index < -0.39 is 5.91 Å². The summed E-state index contributed by atoms with van der Waals surface area (Å²) in [5.41, 5.74) is 6.61. The van der Waals surface area contributed by atoms with E-state index in [0.717, 1.165) is 25.4 Å². The van der Waals surface area contributed by atoms with Crippen LogP contribution in [-0.4, -0.2) is 42.0 Å². The van der Waals surface area contributed by atoms with Gasteiger partial charge in [-0.15, -0.1) is 0 Å². The molecule has 0 aliphatic carbocycles. The molecule has 1 aromatic heterocycles. The molecular weight excluding hydrogens is 437 g/mol. The molecule has 2 heterocycles. The van der Waals surface area contributed by atoms with Crippen molar-refractivity contribution in [2.45, 2.75) is 19.3 Å². The van der Waals surface area contributed by atoms with Crippen molar-refractivity contribution in [2.75, 3.05) is 26.2 Å². The second-order valence-corrected chi connectivity index (χ2v) is 8.25. The molecule has 0 saturated carbocycles. The van der Waals surface area contributed by atoms with Crippen LogP contribution in [0.5, 0.6) is 5.75 Å². The summed E-state index contributed by atoms with van der Waals surface area (Å²) in [6.07, 6.45) is 3.84. The number of hydrogen-bond donors (Lipinski definition) is 1. The fraction of sp³-hybridized carbons (Fsp3) is 0.304. The van der Waals surface area contributed by atoms with Gasteiger partial charge >= 0.3 is 0 Å². The molecular formula is C23H23Cl2N3O3. The first-order chi connectivity index (χ1) is 15.0. The van der Waals surface area contributed by atoms with Gasteiger partial charge in [0.05, 0.1) is 15.6 Å². The van der Waals surface area contributed by atoms with Gasteiger partial charge in [0.2, 0.25) is 5.89 Å². The summed E-state index contributed by atoms with van der Waals surface area (Å²) in [5.74, 6) is 0.449. The van der Waals surface area contributed by atoms with Gasteiger partial charge < -0.3 is 14.9 Å². The van der Waals surface area contributed by atoms with Gasteiger partial charge in [0.25, 0.3) is 5.91 Å². The fourth-order valence-corrected chi connectivity index (χ4v) is 4.23. The number of benzene rings is 2. The first-order valence-corrected chi connectivity index (χ1v) is 11.0. The third-order valence-electron chi connectivity index (χ3n) is 5.28. The van der Waals surface area contributed by atoms with Crippen molar-refractivity contribution in [1.82, 2.24) is 9.88 Å². The van der Waals surface area contributed by atoms with E-state index in [0.29, 0.717) is 27.8 Å². The summed E-state index contributed by atoms with van der Waals surface area (Å²) >= 11 is 12.5. The molecule has 162 valence electrons. The number of primary amides is 1. The fourth-order valence-electron chi connectivity index (χ4n) is 3.67. The average Bonchev–Trinajstić information content (AvgIpc) is 3.20. The number of rotatable bonds is 7. The number of carbonyl (C=O) groups excluding carboxylic acids is 1. The summed E-state index contributed by atoms with van der Waals surface area (Å²) in [6, 6.07) is 12.3. The Bertz CT molecular complexity index is 1040. The number of piperidine rings is 1. The summed E-state index contributed by atoms with van der Waals surface area (Å²) in [4.78, 5) is 18.7. The maximum Gasteiger partial charge on any atom is 0.271 e. The smallest absolute Gasteiger partial charge is 0.271 e. The topological polar surface area (TPSA) is 81.6 Å². The van der Waals surface area contributed by atoms with Crippen LogP contribution in [0.3, 0.4) is 0 Å². The monoisotopic (exact) mass is 459 g/mol. The predicted octanol–water partition coefficient (Wildman–Crippen LogP) is 5.28. The number of oxazole rings is 1. The van der Waals surface area contributed by atoms with Crippen molar-refractivity contribution in [2.24, 2.45) is 5.73 Å². The number of aromatic nitrogens is 1. The number of carbonyl (C=O) groups is 1. The zero-order valence-corrected chi connectivity index (χ0v) is 18.5. The zero-order valence-electron chi connectivity index (χ0n) is 16.9. The van der Waals surface area contributed by atoms with Crippen molar-refractivity contribution < 1.29 is 13.9 Å². The van der Waals surface area contributed by atoms with Crippen molar-refractivity contribution in [3.8, 4) is 28.5 Å². The van der Waals surface area contributed by atoms with Gasteiger partial charge in [0.1, 0.15) is 12.4 Å². The Labute approximate surface area is 190 Å². The van der Waals surface area contributed by atoms with Gasteiger partial charge in [-0.05, 0) is 62.3 Å². The largest absolute Gasteiger partial charge is 0.492 e. The molecule has 1 amide bonds. The lowest BCUT2D eigenvalue weighted by Gasteiger charge is -2.26. The molecule has 1 aliphatic rings. The molecule has 4 rings (SSSR count). The first-order valence-electron chi connectivity index (χ1n) is 10.2. The van der Waals surface area contributed by atoms with Crippen LogP contribution < -0.4 is 10.5 Å². The molecule has 0 radical (unpaired) electrons. The Kier molecular flexibility index (Phi) is 6.80. The zero-order chi connectivity index (χ0) is 21.8. The molecule has 8 heteroatoms. The normalized spacial score (nSPS) is 14.5. The molecule has 1 fully saturated rings. The molecule has 1 saturated heterocycles. The number of nitrogens with two attached hydrogens (primary N) is 1. The standard InChI is InChI=1S/C23H23Cl2N3O3/c24-17-5-4-6-18(25)19(17)23-27-20(22(26)29)21(31-23)15-7-9-16(10-8-15)30-14-13-28-11-2-1-3-12-28/h4-10H,1-3,11-14H2,(H2,26,29). The average molecular weight is 460 g/mol. The highest BCUT2D eigenvalue weighted by Gasteiger charge is 2.23. The van der Waals surface area contributed by atoms with Crippen LogP contribution in [0.25, 0.3) is 22.8 Å². The molecule has 0 bridgehead atoms. The number of nitrogens with zero attached hydrogens (tertiary/aromatic N) is 2. The first kappa shape index (κ1) is 21.7. The van der Waals surface area contributed by atoms with Crippen molar-refractivity contribution in [3.05, 3.63) is 58.2 Å². The molecule has 0 atom stereocenters. The highest BCUT2D eigenvalue weighted by molar-refractivity contribution is 6.38. The minimum absolute atomic E-state index is 0.0183. The van der Waals surface area contributed by atoms with Crippen LogP contribution in [0.2, 0.25) is 10.0 Å². The van der Waals surface area contributed by atoms with Gasteiger partial charge in [-0.25, -0.2) is 4.98 Å². The molecule has 0 unspecified atom stereocenters. The number of likely N-dealkylation sites (tertiary alicyclic amines) is 1. The van der Waals surface area contributed by atoms with E-state index in [1.807, 2.05) is 12.1 Å². The highest BCUT2D eigenvalue weighted by atomic mass is 35.5. The summed E-state index contributed by atoms with van der Waals surface area (Å²) in [5, 5.41) is 0.738. The number of amides is 1. The van der Waals surface area contributed by atoms with Crippen LogP contribution in [-0.2, 0) is 0 Å². The van der Waals surface area contributed by atoms with E-state index in [-0.39, 0.29) is 17.3 Å². The van der Waals surface area contributed by atoms with Crippen molar-refractivity contribution >= 4 is 29.1 Å². The molecule has 2 aromatic carbocycles. The van der Waals surface area contributed by atoms with E-state index in [1.54, 1.807) is 30.3 Å². The second-order valence-electron chi connectivity index (χ2n) is 7.43. The van der Waals surface area contributed by atoms with E-state index in [2.05, 4.69) is 9.88 Å². The van der Waals surface area contributed by atoms with Gasteiger partial charge in [-0.2, -0.15) is 0 Å². The van der Waals surface area contributed by atoms with Gasteiger partial charge in [0.15, 0.2) is 11.5 Å². The Morgan fingerprint density at radius 1 is 1.06 bits per heavy atom. The van der Waals surface area contributed by atoms with Crippen LogP contribution >= 0.6 is 23.2 Å². The molecule has 1 aliphatic heterocycles. The molecule has 31 heavy (non-hydrogen) atoms. The predicted molar refractivity (Wildman–Crippen MR) is 122 cm³/mol. The lowest BCUT2D eigenvalue weighted by Crippen LogP contribution is -2.33. The Balaban J connectivity index is 1.52. The van der Waals surface area contributed by atoms with Crippen LogP contribution in [0.15, 0.2) is 46.9 Å². The van der Waals surface area contributed by atoms with Crippen molar-refractivity contribution in [3.63, 3.8) is 0 Å². The molecule has 6 nitrogen and oxygen atoms in total. The SMILES string of the molecule is NC(=O)c1nc(-c2c(Cl)cccc2Cl)oc1-c1ccc(OCCN2CCCCC2)cc1. The van der Waals surface area contributed by atoms with E-state index in [1.165, 1.54) is 19.3 Å². The highest BCUT2D eigenvalue weighted by Crippen LogP contribution is 2.37. The number of hydrogen-bond acceptors (Lipinski definition) is 5. The molecule has 2 N–H and O–H groups in total. The Morgan fingerprint density at radius 2 is 1.74 bits per heavy atom. The summed E-state index contributed by atoms with van der Waals surface area (Å²) < 4.78 is 11.8. The summed E-state index contributed by atoms with van der Waals surface area (Å²) in [6.45, 7) is 3.82. The van der Waals surface area contributed by atoms with Gasteiger partial charge in [-0.1, -0.05) is 35.7 Å². The third kappa shape index (κ3) is 5.03. The van der Waals surface area contributed by atoms with Crippen LogP contribution in [0.1, 0.15) is 29.8 Å². The third-order valence-corrected chi connectivity index (χ3v) is 5.91. The van der Waals surface area contributed by atoms with Crippen LogP contribution in [0.4, 0.5) is 0 Å². The van der Waals surface area contributed by atoms with Gasteiger partial charge in [0, 0.05) is 12.1 Å².